The Hall–Kier alpha value is -1.58. The van der Waals surface area contributed by atoms with Crippen LogP contribution in [-0.2, 0) is 0 Å². The van der Waals surface area contributed by atoms with Crippen LogP contribution in [0.25, 0.3) is 0 Å². The van der Waals surface area contributed by atoms with Crippen molar-refractivity contribution >= 4 is 11.7 Å². The zero-order valence-corrected chi connectivity index (χ0v) is 11.1. The van der Waals surface area contributed by atoms with Gasteiger partial charge < -0.3 is 10.2 Å². The summed E-state index contributed by atoms with van der Waals surface area (Å²) in [5.41, 5.74) is 0.728. The minimum atomic E-state index is 0.132. The molecule has 1 N–H and O–H groups in total. The number of pyridine rings is 1. The first-order valence-electron chi connectivity index (χ1n) is 6.67. The lowest BCUT2D eigenvalue weighted by Crippen LogP contribution is -2.39. The first-order chi connectivity index (χ1) is 8.74. The number of anilines is 1. The molecule has 18 heavy (non-hydrogen) atoms. The van der Waals surface area contributed by atoms with Gasteiger partial charge >= 0.3 is 0 Å². The smallest absolute Gasteiger partial charge is 0.254 e. The number of aromatic nitrogens is 1. The van der Waals surface area contributed by atoms with Crippen LogP contribution in [0.3, 0.4) is 0 Å². The van der Waals surface area contributed by atoms with Crippen LogP contribution in [0.5, 0.6) is 0 Å². The number of likely N-dealkylation sites (tertiary alicyclic amines) is 1. The van der Waals surface area contributed by atoms with Crippen molar-refractivity contribution in [1.82, 2.24) is 9.88 Å². The molecule has 1 aromatic heterocycles. The molecule has 0 aliphatic carbocycles. The van der Waals surface area contributed by atoms with Gasteiger partial charge in [0.25, 0.3) is 5.91 Å². The number of hydrogen-bond acceptors (Lipinski definition) is 3. The first-order valence-corrected chi connectivity index (χ1v) is 6.67. The van der Waals surface area contributed by atoms with Crippen LogP contribution in [0.15, 0.2) is 18.3 Å². The van der Waals surface area contributed by atoms with Gasteiger partial charge in [0.2, 0.25) is 0 Å². The van der Waals surface area contributed by atoms with Gasteiger partial charge in [-0.05, 0) is 30.9 Å². The summed E-state index contributed by atoms with van der Waals surface area (Å²) in [5, 5.41) is 2.96. The van der Waals surface area contributed by atoms with Gasteiger partial charge in [-0.2, -0.15) is 0 Å². The maximum absolute atomic E-state index is 12.4. The molecule has 1 aliphatic rings. The van der Waals surface area contributed by atoms with Crippen LogP contribution in [0.1, 0.15) is 36.5 Å². The molecule has 0 spiro atoms. The number of nitrogens with zero attached hydrogens (tertiary/aromatic N) is 2. The summed E-state index contributed by atoms with van der Waals surface area (Å²) >= 11 is 0. The van der Waals surface area contributed by atoms with Crippen molar-refractivity contribution in [2.75, 3.05) is 25.5 Å². The highest BCUT2D eigenvalue weighted by Gasteiger charge is 2.23. The van der Waals surface area contributed by atoms with Gasteiger partial charge in [-0.25, -0.2) is 4.98 Å². The Morgan fingerprint density at radius 2 is 2.44 bits per heavy atom. The van der Waals surface area contributed by atoms with Crippen molar-refractivity contribution in [3.63, 3.8) is 0 Å². The second-order valence-electron chi connectivity index (χ2n) is 4.85. The lowest BCUT2D eigenvalue weighted by atomic mass is 9.95. The van der Waals surface area contributed by atoms with E-state index >= 15 is 0 Å². The number of nitrogens with one attached hydrogen (secondary N) is 1. The van der Waals surface area contributed by atoms with Crippen molar-refractivity contribution in [2.24, 2.45) is 5.92 Å². The summed E-state index contributed by atoms with van der Waals surface area (Å²) < 4.78 is 0. The summed E-state index contributed by atoms with van der Waals surface area (Å²) in [6.45, 7) is 3.98. The third-order valence-electron chi connectivity index (χ3n) is 3.65. The molecule has 1 aliphatic heterocycles. The fraction of sp³-hybridized carbons (Fsp3) is 0.571. The Balaban J connectivity index is 2.10. The van der Waals surface area contributed by atoms with Crippen molar-refractivity contribution in [3.05, 3.63) is 23.9 Å². The second-order valence-corrected chi connectivity index (χ2v) is 4.85. The molecule has 4 heteroatoms. The zero-order chi connectivity index (χ0) is 13.0. The van der Waals surface area contributed by atoms with E-state index in [1.54, 1.807) is 12.3 Å². The highest BCUT2D eigenvalue weighted by Crippen LogP contribution is 2.21. The number of hydrogen-bond donors (Lipinski definition) is 1. The molecule has 1 atom stereocenters. The van der Waals surface area contributed by atoms with Gasteiger partial charge in [-0.3, -0.25) is 4.79 Å². The summed E-state index contributed by atoms with van der Waals surface area (Å²) in [4.78, 5) is 18.5. The molecule has 1 aromatic rings. The molecule has 0 saturated carbocycles. The fourth-order valence-corrected chi connectivity index (χ4v) is 2.47. The number of piperidine rings is 1. The molecule has 4 nitrogen and oxygen atoms in total. The summed E-state index contributed by atoms with van der Waals surface area (Å²) in [7, 11) is 1.81. The molecule has 1 fully saturated rings. The van der Waals surface area contributed by atoms with E-state index in [1.165, 1.54) is 6.42 Å². The van der Waals surface area contributed by atoms with Gasteiger partial charge in [-0.15, -0.1) is 0 Å². The second kappa shape index (κ2) is 5.85. The van der Waals surface area contributed by atoms with E-state index in [4.69, 9.17) is 0 Å². The molecule has 2 heterocycles. The molecule has 0 aromatic carbocycles. The van der Waals surface area contributed by atoms with Crippen LogP contribution in [-0.4, -0.2) is 35.9 Å². The van der Waals surface area contributed by atoms with Crippen LogP contribution >= 0.6 is 0 Å². The van der Waals surface area contributed by atoms with Gasteiger partial charge in [0.1, 0.15) is 5.82 Å². The minimum absolute atomic E-state index is 0.132. The SMILES string of the molecule is CCC1CCCN(C(=O)c2ccnc(NC)c2)C1. The van der Waals surface area contributed by atoms with Crippen LogP contribution in [0.4, 0.5) is 5.82 Å². The normalized spacial score (nSPS) is 19.7. The van der Waals surface area contributed by atoms with E-state index in [0.717, 1.165) is 37.3 Å². The molecule has 98 valence electrons. The van der Waals surface area contributed by atoms with Crippen molar-refractivity contribution in [2.45, 2.75) is 26.2 Å². The van der Waals surface area contributed by atoms with Gasteiger partial charge in [0.05, 0.1) is 0 Å². The molecule has 2 rings (SSSR count). The summed E-state index contributed by atoms with van der Waals surface area (Å²) in [5.74, 6) is 1.53. The van der Waals surface area contributed by atoms with E-state index in [1.807, 2.05) is 18.0 Å². The average molecular weight is 247 g/mol. The Labute approximate surface area is 108 Å². The lowest BCUT2D eigenvalue weighted by Gasteiger charge is -2.32. The van der Waals surface area contributed by atoms with Crippen LogP contribution in [0.2, 0.25) is 0 Å². The molecule has 0 radical (unpaired) electrons. The van der Waals surface area contributed by atoms with Crippen molar-refractivity contribution in [3.8, 4) is 0 Å². The highest BCUT2D eigenvalue weighted by atomic mass is 16.2. The van der Waals surface area contributed by atoms with E-state index in [9.17, 15) is 4.79 Å². The van der Waals surface area contributed by atoms with Gasteiger partial charge in [0.15, 0.2) is 0 Å². The Morgan fingerprint density at radius 1 is 1.61 bits per heavy atom. The van der Waals surface area contributed by atoms with E-state index in [2.05, 4.69) is 17.2 Å². The number of carbonyl (C=O) groups is 1. The van der Waals surface area contributed by atoms with E-state index in [-0.39, 0.29) is 5.91 Å². The predicted molar refractivity (Wildman–Crippen MR) is 72.7 cm³/mol. The predicted octanol–water partition coefficient (Wildman–Crippen LogP) is 2.39. The quantitative estimate of drug-likeness (QED) is 0.892. The molecule has 1 saturated heterocycles. The largest absolute Gasteiger partial charge is 0.373 e. The standard InChI is InChI=1S/C14H21N3O/c1-3-11-5-4-8-17(10-11)14(18)12-6-7-16-13(9-12)15-2/h6-7,9,11H,3-5,8,10H2,1-2H3,(H,15,16). The number of amides is 1. The first kappa shape index (κ1) is 12.9. The van der Waals surface area contributed by atoms with Crippen molar-refractivity contribution in [1.29, 1.82) is 0 Å². The minimum Gasteiger partial charge on any atom is -0.373 e. The summed E-state index contributed by atoms with van der Waals surface area (Å²) in [6, 6.07) is 3.61. The maximum atomic E-state index is 12.4. The fourth-order valence-electron chi connectivity index (χ4n) is 2.47. The van der Waals surface area contributed by atoms with Gasteiger partial charge in [-0.1, -0.05) is 13.3 Å². The van der Waals surface area contributed by atoms with Crippen LogP contribution < -0.4 is 5.32 Å². The molecule has 1 unspecified atom stereocenters. The topological polar surface area (TPSA) is 45.2 Å². The number of carbonyl (C=O) groups excluding carboxylic acids is 1. The molecular weight excluding hydrogens is 226 g/mol. The molecule has 1 amide bonds. The average Bonchev–Trinajstić information content (AvgIpc) is 2.46. The molecular formula is C14H21N3O. The monoisotopic (exact) mass is 247 g/mol. The van der Waals surface area contributed by atoms with Crippen LogP contribution in [0, 0.1) is 5.92 Å². The molecule has 0 bridgehead atoms. The Kier molecular flexibility index (Phi) is 4.18. The van der Waals surface area contributed by atoms with Crippen molar-refractivity contribution < 1.29 is 4.79 Å². The lowest BCUT2D eigenvalue weighted by molar-refractivity contribution is 0.0671. The third kappa shape index (κ3) is 2.81. The van der Waals surface area contributed by atoms with E-state index in [0.29, 0.717) is 5.92 Å². The highest BCUT2D eigenvalue weighted by molar-refractivity contribution is 5.94. The maximum Gasteiger partial charge on any atom is 0.254 e. The van der Waals surface area contributed by atoms with Gasteiger partial charge in [0, 0.05) is 31.9 Å². The number of rotatable bonds is 3. The Morgan fingerprint density at radius 3 is 3.17 bits per heavy atom. The van der Waals surface area contributed by atoms with E-state index < -0.39 is 0 Å². The zero-order valence-electron chi connectivity index (χ0n) is 11.1. The third-order valence-corrected chi connectivity index (χ3v) is 3.65. The Bertz CT molecular complexity index is 419. The summed E-state index contributed by atoms with van der Waals surface area (Å²) in [6.07, 6.45) is 5.20.